The van der Waals surface area contributed by atoms with Crippen LogP contribution in [0, 0.1) is 17.8 Å². The lowest BCUT2D eigenvalue weighted by molar-refractivity contribution is -0.143. The Morgan fingerprint density at radius 2 is 1.89 bits per heavy atom. The molecule has 190 valence electrons. The van der Waals surface area contributed by atoms with Crippen LogP contribution in [0.15, 0.2) is 18.2 Å². The maximum absolute atomic E-state index is 13.2. The van der Waals surface area contributed by atoms with Crippen LogP contribution in [0.3, 0.4) is 0 Å². The number of hydrogen-bond acceptors (Lipinski definition) is 7. The highest BCUT2D eigenvalue weighted by atomic mass is 16.5. The highest BCUT2D eigenvalue weighted by molar-refractivity contribution is 5.93. The van der Waals surface area contributed by atoms with Gasteiger partial charge >= 0.3 is 5.97 Å². The summed E-state index contributed by atoms with van der Waals surface area (Å²) < 4.78 is 4.62. The Morgan fingerprint density at radius 3 is 2.54 bits per heavy atom. The molecule has 2 N–H and O–H groups in total. The van der Waals surface area contributed by atoms with Gasteiger partial charge in [-0.15, -0.1) is 0 Å². The van der Waals surface area contributed by atoms with Crippen molar-refractivity contribution < 1.29 is 24.2 Å². The van der Waals surface area contributed by atoms with Gasteiger partial charge < -0.3 is 25.0 Å². The third-order valence-electron chi connectivity index (χ3n) is 8.55. The van der Waals surface area contributed by atoms with E-state index in [0.717, 1.165) is 37.9 Å². The average Bonchev–Trinajstić information content (AvgIpc) is 2.83. The number of carbonyl (C=O) groups is 3. The molecule has 6 rings (SSSR count). The quantitative estimate of drug-likeness (QED) is 0.592. The van der Waals surface area contributed by atoms with E-state index in [4.69, 9.17) is 0 Å². The van der Waals surface area contributed by atoms with Gasteiger partial charge in [0, 0.05) is 38.1 Å². The van der Waals surface area contributed by atoms with Crippen LogP contribution in [0.5, 0.6) is 0 Å². The fraction of sp³-hybridized carbons (Fsp3) is 0.692. The molecule has 0 aromatic carbocycles. The Kier molecular flexibility index (Phi) is 6.46. The summed E-state index contributed by atoms with van der Waals surface area (Å²) in [5, 5.41) is 14.1. The van der Waals surface area contributed by atoms with Crippen molar-refractivity contribution in [1.29, 1.82) is 0 Å². The SMILES string of the molecule is COC(=O)CCC(=O)N1CCN(c2cccc(C(=O)N[C@H]3C4CC5CC3C[C@](O)(C5)C4)n2)[C@H](C)C1. The van der Waals surface area contributed by atoms with Gasteiger partial charge in [-0.2, -0.15) is 0 Å². The number of piperazine rings is 1. The van der Waals surface area contributed by atoms with E-state index >= 15 is 0 Å². The first kappa shape index (κ1) is 24.0. The Labute approximate surface area is 206 Å². The molecular formula is C26H36N4O5. The molecule has 4 bridgehead atoms. The molecule has 1 aromatic rings. The normalized spacial score (nSPS) is 33.5. The van der Waals surface area contributed by atoms with E-state index in [0.29, 0.717) is 43.1 Å². The lowest BCUT2D eigenvalue weighted by atomic mass is 9.52. The maximum Gasteiger partial charge on any atom is 0.306 e. The molecule has 1 aliphatic heterocycles. The Morgan fingerprint density at radius 1 is 1.14 bits per heavy atom. The number of nitrogens with zero attached hydrogens (tertiary/aromatic N) is 3. The van der Waals surface area contributed by atoms with Gasteiger partial charge in [-0.1, -0.05) is 6.07 Å². The fourth-order valence-corrected chi connectivity index (χ4v) is 7.15. The van der Waals surface area contributed by atoms with Crippen LogP contribution in [0.4, 0.5) is 5.82 Å². The maximum atomic E-state index is 13.2. The predicted octanol–water partition coefficient (Wildman–Crippen LogP) is 1.74. The van der Waals surface area contributed by atoms with Crippen LogP contribution in [0.25, 0.3) is 0 Å². The molecule has 0 spiro atoms. The number of nitrogens with one attached hydrogen (secondary N) is 1. The number of hydrogen-bond donors (Lipinski definition) is 2. The van der Waals surface area contributed by atoms with E-state index in [9.17, 15) is 19.5 Å². The minimum Gasteiger partial charge on any atom is -0.469 e. The van der Waals surface area contributed by atoms with E-state index in [1.54, 1.807) is 11.0 Å². The second kappa shape index (κ2) is 9.41. The smallest absolute Gasteiger partial charge is 0.306 e. The summed E-state index contributed by atoms with van der Waals surface area (Å²) in [6.45, 7) is 3.72. The van der Waals surface area contributed by atoms with Gasteiger partial charge in [0.15, 0.2) is 0 Å². The number of aliphatic hydroxyl groups is 1. The molecule has 2 unspecified atom stereocenters. The molecule has 1 saturated heterocycles. The van der Waals surface area contributed by atoms with Crippen molar-refractivity contribution in [3.63, 3.8) is 0 Å². The van der Waals surface area contributed by atoms with Crippen LogP contribution in [-0.2, 0) is 14.3 Å². The molecule has 4 saturated carbocycles. The standard InChI is InChI=1S/C26H36N4O5/c1-16-15-29(22(31)6-7-23(32)35-2)8-9-30(16)21-5-3-4-20(27-21)25(33)28-24-18-10-17-11-19(24)14-26(34,12-17)13-18/h3-5,16-19,24,34H,6-15H2,1-2H3,(H,28,33)/t16-,17?,18?,19?,24-,26-/m1/s1. The zero-order chi connectivity index (χ0) is 24.7. The zero-order valence-corrected chi connectivity index (χ0v) is 20.6. The molecule has 4 aliphatic carbocycles. The first-order chi connectivity index (χ1) is 16.7. The molecule has 35 heavy (non-hydrogen) atoms. The third kappa shape index (κ3) is 4.87. The number of pyridine rings is 1. The van der Waals surface area contributed by atoms with Crippen LogP contribution in [0.2, 0.25) is 0 Å². The van der Waals surface area contributed by atoms with Crippen molar-refractivity contribution in [2.45, 2.75) is 69.6 Å². The number of esters is 1. The van der Waals surface area contributed by atoms with Crippen molar-refractivity contribution in [2.75, 3.05) is 31.6 Å². The summed E-state index contributed by atoms with van der Waals surface area (Å²) >= 11 is 0. The molecule has 9 nitrogen and oxygen atoms in total. The van der Waals surface area contributed by atoms with Crippen LogP contribution >= 0.6 is 0 Å². The molecule has 5 aliphatic rings. The molecular weight excluding hydrogens is 448 g/mol. The van der Waals surface area contributed by atoms with Crippen molar-refractivity contribution in [3.8, 4) is 0 Å². The summed E-state index contributed by atoms with van der Waals surface area (Å²) in [7, 11) is 1.32. The van der Waals surface area contributed by atoms with Crippen molar-refractivity contribution >= 4 is 23.6 Å². The molecule has 2 amide bonds. The summed E-state index contributed by atoms with van der Waals surface area (Å²) in [6.07, 6.45) is 4.93. The van der Waals surface area contributed by atoms with Crippen LogP contribution in [-0.4, -0.2) is 77.2 Å². The Balaban J connectivity index is 1.20. The topological polar surface area (TPSA) is 112 Å². The zero-order valence-electron chi connectivity index (χ0n) is 20.6. The highest BCUT2D eigenvalue weighted by Crippen LogP contribution is 2.55. The number of ether oxygens (including phenoxy) is 1. The van der Waals surface area contributed by atoms with Gasteiger partial charge in [-0.3, -0.25) is 14.4 Å². The number of methoxy groups -OCH3 is 1. The van der Waals surface area contributed by atoms with E-state index in [1.807, 2.05) is 19.1 Å². The minimum absolute atomic E-state index is 0.0295. The predicted molar refractivity (Wildman–Crippen MR) is 129 cm³/mol. The van der Waals surface area contributed by atoms with Crippen molar-refractivity contribution in [2.24, 2.45) is 17.8 Å². The third-order valence-corrected chi connectivity index (χ3v) is 8.55. The van der Waals surface area contributed by atoms with Gasteiger partial charge in [0.25, 0.3) is 5.91 Å². The Bertz CT molecular complexity index is 984. The summed E-state index contributed by atoms with van der Waals surface area (Å²) in [5.74, 6) is 1.44. The van der Waals surface area contributed by atoms with Crippen molar-refractivity contribution in [3.05, 3.63) is 23.9 Å². The molecule has 9 heteroatoms. The second-order valence-corrected chi connectivity index (χ2v) is 11.0. The van der Waals surface area contributed by atoms with Gasteiger partial charge in [-0.05, 0) is 68.9 Å². The molecule has 3 atom stereocenters. The van der Waals surface area contributed by atoms with Crippen LogP contribution in [0.1, 0.15) is 62.4 Å². The molecule has 0 radical (unpaired) electrons. The molecule has 2 heterocycles. The van der Waals surface area contributed by atoms with E-state index in [2.05, 4.69) is 19.9 Å². The average molecular weight is 485 g/mol. The summed E-state index contributed by atoms with van der Waals surface area (Å²) in [4.78, 5) is 45.6. The lowest BCUT2D eigenvalue weighted by Gasteiger charge is -2.58. The van der Waals surface area contributed by atoms with Gasteiger partial charge in [0.1, 0.15) is 11.5 Å². The van der Waals surface area contributed by atoms with E-state index in [1.165, 1.54) is 7.11 Å². The van der Waals surface area contributed by atoms with Crippen molar-refractivity contribution in [1.82, 2.24) is 15.2 Å². The fourth-order valence-electron chi connectivity index (χ4n) is 7.15. The van der Waals surface area contributed by atoms with Gasteiger partial charge in [0.05, 0.1) is 19.1 Å². The van der Waals surface area contributed by atoms with E-state index < -0.39 is 5.60 Å². The number of amides is 2. The largest absolute Gasteiger partial charge is 0.469 e. The number of aromatic nitrogens is 1. The minimum atomic E-state index is -0.519. The summed E-state index contributed by atoms with van der Waals surface area (Å²) in [5.41, 5.74) is -0.117. The van der Waals surface area contributed by atoms with Gasteiger partial charge in [0.2, 0.25) is 5.91 Å². The monoisotopic (exact) mass is 484 g/mol. The van der Waals surface area contributed by atoms with Gasteiger partial charge in [-0.25, -0.2) is 4.98 Å². The highest BCUT2D eigenvalue weighted by Gasteiger charge is 2.55. The second-order valence-electron chi connectivity index (χ2n) is 11.0. The Hall–Kier alpha value is -2.68. The lowest BCUT2D eigenvalue weighted by Crippen LogP contribution is -2.61. The van der Waals surface area contributed by atoms with Crippen LogP contribution < -0.4 is 10.2 Å². The summed E-state index contributed by atoms with van der Waals surface area (Å²) in [6, 6.07) is 5.66. The number of rotatable bonds is 6. The first-order valence-corrected chi connectivity index (χ1v) is 12.9. The molecule has 5 fully saturated rings. The van der Waals surface area contributed by atoms with E-state index in [-0.39, 0.29) is 42.7 Å². The molecule has 1 aromatic heterocycles. The number of anilines is 1. The first-order valence-electron chi connectivity index (χ1n) is 12.9. The number of carbonyl (C=O) groups excluding carboxylic acids is 3.